The van der Waals surface area contributed by atoms with Gasteiger partial charge in [-0.1, -0.05) is 0 Å². The highest BCUT2D eigenvalue weighted by Gasteiger charge is 2.39. The lowest BCUT2D eigenvalue weighted by Gasteiger charge is -2.29. The molecule has 1 aliphatic rings. The first-order chi connectivity index (χ1) is 7.17. The van der Waals surface area contributed by atoms with Gasteiger partial charge < -0.3 is 9.84 Å². The number of aliphatic hydroxyl groups is 1. The molecule has 0 aromatic carbocycles. The SMILES string of the molecule is CCn1nccc1C(O)C1(C)CCCO1. The molecule has 2 unspecified atom stereocenters. The molecule has 1 aromatic heterocycles. The Hall–Kier alpha value is -0.870. The maximum atomic E-state index is 10.3. The number of nitrogens with zero attached hydrogens (tertiary/aromatic N) is 2. The van der Waals surface area contributed by atoms with E-state index in [1.54, 1.807) is 6.20 Å². The Labute approximate surface area is 89.9 Å². The van der Waals surface area contributed by atoms with Gasteiger partial charge in [-0.3, -0.25) is 4.68 Å². The molecule has 2 heterocycles. The number of hydrogen-bond donors (Lipinski definition) is 1. The molecule has 2 rings (SSSR count). The van der Waals surface area contributed by atoms with Gasteiger partial charge in [-0.15, -0.1) is 0 Å². The molecule has 0 spiro atoms. The molecule has 0 radical (unpaired) electrons. The van der Waals surface area contributed by atoms with Gasteiger partial charge >= 0.3 is 0 Å². The first-order valence-electron chi connectivity index (χ1n) is 5.51. The summed E-state index contributed by atoms with van der Waals surface area (Å²) >= 11 is 0. The predicted molar refractivity (Wildman–Crippen MR) is 56.5 cm³/mol. The summed E-state index contributed by atoms with van der Waals surface area (Å²) < 4.78 is 7.45. The van der Waals surface area contributed by atoms with Crippen molar-refractivity contribution in [3.05, 3.63) is 18.0 Å². The van der Waals surface area contributed by atoms with Gasteiger partial charge in [-0.25, -0.2) is 0 Å². The number of aryl methyl sites for hydroxylation is 1. The van der Waals surface area contributed by atoms with Gasteiger partial charge in [0.2, 0.25) is 0 Å². The smallest absolute Gasteiger partial charge is 0.124 e. The van der Waals surface area contributed by atoms with Crippen LogP contribution in [0.2, 0.25) is 0 Å². The number of rotatable bonds is 3. The molecule has 1 saturated heterocycles. The zero-order valence-electron chi connectivity index (χ0n) is 9.31. The fourth-order valence-corrected chi connectivity index (χ4v) is 2.17. The van der Waals surface area contributed by atoms with Crippen LogP contribution in [0.4, 0.5) is 0 Å². The maximum Gasteiger partial charge on any atom is 0.124 e. The van der Waals surface area contributed by atoms with Crippen LogP contribution in [0.1, 0.15) is 38.5 Å². The van der Waals surface area contributed by atoms with Crippen molar-refractivity contribution < 1.29 is 9.84 Å². The third-order valence-corrected chi connectivity index (χ3v) is 3.16. The highest BCUT2D eigenvalue weighted by atomic mass is 16.5. The third-order valence-electron chi connectivity index (χ3n) is 3.16. The van der Waals surface area contributed by atoms with E-state index < -0.39 is 11.7 Å². The van der Waals surface area contributed by atoms with Crippen LogP contribution in [0.15, 0.2) is 12.3 Å². The Morgan fingerprint density at radius 1 is 1.73 bits per heavy atom. The molecule has 0 saturated carbocycles. The molecular weight excluding hydrogens is 192 g/mol. The van der Waals surface area contributed by atoms with E-state index in [0.29, 0.717) is 0 Å². The van der Waals surface area contributed by atoms with Crippen molar-refractivity contribution in [1.29, 1.82) is 0 Å². The Morgan fingerprint density at radius 3 is 3.13 bits per heavy atom. The molecule has 1 fully saturated rings. The van der Waals surface area contributed by atoms with Crippen molar-refractivity contribution in [2.24, 2.45) is 0 Å². The summed E-state index contributed by atoms with van der Waals surface area (Å²) in [5.41, 5.74) is 0.411. The van der Waals surface area contributed by atoms with Crippen LogP contribution in [0, 0.1) is 0 Å². The lowest BCUT2D eigenvalue weighted by molar-refractivity contribution is -0.0828. The van der Waals surface area contributed by atoms with Gasteiger partial charge in [0, 0.05) is 19.3 Å². The first kappa shape index (κ1) is 10.6. The number of hydrogen-bond acceptors (Lipinski definition) is 3. The molecule has 15 heavy (non-hydrogen) atoms. The van der Waals surface area contributed by atoms with Crippen molar-refractivity contribution in [1.82, 2.24) is 9.78 Å². The van der Waals surface area contributed by atoms with E-state index in [0.717, 1.165) is 31.7 Å². The van der Waals surface area contributed by atoms with Gasteiger partial charge in [-0.05, 0) is 32.8 Å². The van der Waals surface area contributed by atoms with E-state index in [4.69, 9.17) is 4.74 Å². The van der Waals surface area contributed by atoms with Crippen LogP contribution in [0.5, 0.6) is 0 Å². The Bertz CT molecular complexity index is 329. The molecule has 1 aromatic rings. The van der Waals surface area contributed by atoms with Gasteiger partial charge in [0.05, 0.1) is 11.3 Å². The predicted octanol–water partition coefficient (Wildman–Crippen LogP) is 1.51. The summed E-state index contributed by atoms with van der Waals surface area (Å²) in [5.74, 6) is 0. The van der Waals surface area contributed by atoms with Crippen molar-refractivity contribution in [3.63, 3.8) is 0 Å². The second-order valence-corrected chi connectivity index (χ2v) is 4.24. The van der Waals surface area contributed by atoms with E-state index in [1.165, 1.54) is 0 Å². The largest absolute Gasteiger partial charge is 0.384 e. The topological polar surface area (TPSA) is 47.3 Å². The summed E-state index contributed by atoms with van der Waals surface area (Å²) in [6.07, 6.45) is 3.07. The number of aromatic nitrogens is 2. The van der Waals surface area contributed by atoms with E-state index in [9.17, 15) is 5.11 Å². The monoisotopic (exact) mass is 210 g/mol. The van der Waals surface area contributed by atoms with E-state index in [-0.39, 0.29) is 0 Å². The summed E-state index contributed by atoms with van der Waals surface area (Å²) in [7, 11) is 0. The Balaban J connectivity index is 2.23. The van der Waals surface area contributed by atoms with Crippen molar-refractivity contribution in [2.45, 2.75) is 44.9 Å². The second-order valence-electron chi connectivity index (χ2n) is 4.24. The lowest BCUT2D eigenvalue weighted by Crippen LogP contribution is -2.33. The summed E-state index contributed by atoms with van der Waals surface area (Å²) in [4.78, 5) is 0. The van der Waals surface area contributed by atoms with Gasteiger partial charge in [0.15, 0.2) is 0 Å². The van der Waals surface area contributed by atoms with Crippen LogP contribution < -0.4 is 0 Å². The Morgan fingerprint density at radius 2 is 2.53 bits per heavy atom. The van der Waals surface area contributed by atoms with Crippen molar-refractivity contribution in [3.8, 4) is 0 Å². The Kier molecular flexibility index (Phi) is 2.80. The first-order valence-corrected chi connectivity index (χ1v) is 5.51. The average Bonchev–Trinajstić information content (AvgIpc) is 2.85. The molecule has 4 nitrogen and oxygen atoms in total. The molecule has 4 heteroatoms. The van der Waals surface area contributed by atoms with Crippen LogP contribution in [-0.2, 0) is 11.3 Å². The van der Waals surface area contributed by atoms with Crippen LogP contribution in [-0.4, -0.2) is 27.1 Å². The van der Waals surface area contributed by atoms with Gasteiger partial charge in [0.1, 0.15) is 6.10 Å². The highest BCUT2D eigenvalue weighted by Crippen LogP contribution is 2.36. The molecule has 0 bridgehead atoms. The number of ether oxygens (including phenoxy) is 1. The fourth-order valence-electron chi connectivity index (χ4n) is 2.17. The summed E-state index contributed by atoms with van der Waals surface area (Å²) in [5, 5.41) is 14.5. The lowest BCUT2D eigenvalue weighted by atomic mass is 9.93. The quantitative estimate of drug-likeness (QED) is 0.822. The maximum absolute atomic E-state index is 10.3. The van der Waals surface area contributed by atoms with Crippen molar-refractivity contribution >= 4 is 0 Å². The van der Waals surface area contributed by atoms with E-state index in [1.807, 2.05) is 24.6 Å². The summed E-state index contributed by atoms with van der Waals surface area (Å²) in [6, 6.07) is 1.86. The second kappa shape index (κ2) is 3.94. The minimum Gasteiger partial charge on any atom is -0.384 e. The summed E-state index contributed by atoms with van der Waals surface area (Å²) in [6.45, 7) is 5.50. The van der Waals surface area contributed by atoms with E-state index >= 15 is 0 Å². The van der Waals surface area contributed by atoms with Crippen molar-refractivity contribution in [2.75, 3.05) is 6.61 Å². The van der Waals surface area contributed by atoms with Crippen LogP contribution in [0.25, 0.3) is 0 Å². The molecule has 2 atom stereocenters. The molecule has 0 amide bonds. The van der Waals surface area contributed by atoms with Crippen LogP contribution >= 0.6 is 0 Å². The molecule has 84 valence electrons. The molecule has 1 N–H and O–H groups in total. The fraction of sp³-hybridized carbons (Fsp3) is 0.727. The standard InChI is InChI=1S/C11H18N2O2/c1-3-13-9(5-7-12-13)10(14)11(2)6-4-8-15-11/h5,7,10,14H,3-4,6,8H2,1-2H3. The minimum absolute atomic E-state index is 0.438. The molecule has 1 aliphatic heterocycles. The molecule has 0 aliphatic carbocycles. The highest BCUT2D eigenvalue weighted by molar-refractivity contribution is 5.10. The normalized spacial score (nSPS) is 28.2. The van der Waals surface area contributed by atoms with Crippen LogP contribution in [0.3, 0.4) is 0 Å². The average molecular weight is 210 g/mol. The van der Waals surface area contributed by atoms with Gasteiger partial charge in [-0.2, -0.15) is 5.10 Å². The van der Waals surface area contributed by atoms with Gasteiger partial charge in [0.25, 0.3) is 0 Å². The third kappa shape index (κ3) is 1.79. The minimum atomic E-state index is -0.581. The zero-order valence-corrected chi connectivity index (χ0v) is 9.31. The zero-order chi connectivity index (χ0) is 10.9. The molecular formula is C11H18N2O2. The number of aliphatic hydroxyl groups excluding tert-OH is 1. The van der Waals surface area contributed by atoms with E-state index in [2.05, 4.69) is 5.10 Å².